The highest BCUT2D eigenvalue weighted by atomic mass is 79.9. The lowest BCUT2D eigenvalue weighted by atomic mass is 10.1. The largest absolute Gasteiger partial charge is 0.366 e. The molecule has 3 N–H and O–H groups in total. The third kappa shape index (κ3) is 3.34. The van der Waals surface area contributed by atoms with Gasteiger partial charge in [0.2, 0.25) is 11.8 Å². The minimum Gasteiger partial charge on any atom is -0.366 e. The predicted octanol–water partition coefficient (Wildman–Crippen LogP) is 1.90. The molecular weight excluding hydrogens is 272 g/mol. The highest BCUT2D eigenvalue weighted by Gasteiger charge is 2.23. The van der Waals surface area contributed by atoms with Crippen LogP contribution in [0.1, 0.15) is 24.2 Å². The van der Waals surface area contributed by atoms with Crippen molar-refractivity contribution in [2.24, 2.45) is 5.73 Å². The first-order chi connectivity index (χ1) is 7.30. The van der Waals surface area contributed by atoms with Crippen molar-refractivity contribution < 1.29 is 9.59 Å². The number of anilines is 1. The number of hydrogen-bond donors (Lipinski definition) is 2. The number of rotatable bonds is 3. The Balaban J connectivity index is 2.77. The Hall–Kier alpha value is -1.36. The van der Waals surface area contributed by atoms with Crippen LogP contribution in [0.3, 0.4) is 0 Å². The molecule has 0 saturated heterocycles. The Morgan fingerprint density at radius 3 is 2.12 bits per heavy atom. The van der Waals surface area contributed by atoms with E-state index in [9.17, 15) is 9.59 Å². The summed E-state index contributed by atoms with van der Waals surface area (Å²) < 4.78 is -0.630. The Bertz CT molecular complexity index is 407. The summed E-state index contributed by atoms with van der Waals surface area (Å²) >= 11 is 3.25. The van der Waals surface area contributed by atoms with Crippen LogP contribution in [0, 0.1) is 0 Å². The fourth-order valence-electron chi connectivity index (χ4n) is 0.998. The molecular formula is C11H13BrN2O2. The van der Waals surface area contributed by atoms with Crippen molar-refractivity contribution in [2.45, 2.75) is 18.2 Å². The van der Waals surface area contributed by atoms with E-state index < -0.39 is 10.2 Å². The Labute approximate surface area is 102 Å². The van der Waals surface area contributed by atoms with E-state index in [2.05, 4.69) is 21.2 Å². The molecule has 16 heavy (non-hydrogen) atoms. The summed E-state index contributed by atoms with van der Waals surface area (Å²) in [6.07, 6.45) is 0. The van der Waals surface area contributed by atoms with Gasteiger partial charge < -0.3 is 11.1 Å². The fraction of sp³-hybridized carbons (Fsp3) is 0.273. The van der Waals surface area contributed by atoms with Gasteiger partial charge in [0.15, 0.2) is 0 Å². The standard InChI is InChI=1S/C11H13BrN2O2/c1-11(2,12)10(16)14-8-5-3-7(4-6-8)9(13)15/h3-6H,1-2H3,(H2,13,15)(H,14,16). The summed E-state index contributed by atoms with van der Waals surface area (Å²) in [5.41, 5.74) is 6.14. The molecule has 0 aliphatic rings. The van der Waals surface area contributed by atoms with Gasteiger partial charge in [-0.25, -0.2) is 0 Å². The molecule has 5 heteroatoms. The Morgan fingerprint density at radius 1 is 1.25 bits per heavy atom. The predicted molar refractivity (Wildman–Crippen MR) is 66.6 cm³/mol. The zero-order chi connectivity index (χ0) is 12.3. The van der Waals surface area contributed by atoms with E-state index in [-0.39, 0.29) is 5.91 Å². The maximum atomic E-state index is 11.6. The number of benzene rings is 1. The molecule has 1 aromatic rings. The normalized spacial score (nSPS) is 10.9. The van der Waals surface area contributed by atoms with Crippen LogP contribution < -0.4 is 11.1 Å². The van der Waals surface area contributed by atoms with Crippen LogP contribution in [0.2, 0.25) is 0 Å². The molecule has 0 heterocycles. The second kappa shape index (κ2) is 4.65. The molecule has 0 aliphatic heterocycles. The van der Waals surface area contributed by atoms with Crippen molar-refractivity contribution in [2.75, 3.05) is 5.32 Å². The SMILES string of the molecule is CC(C)(Br)C(=O)Nc1ccc(C(N)=O)cc1. The number of carbonyl (C=O) groups excluding carboxylic acids is 2. The molecule has 0 saturated carbocycles. The molecule has 0 bridgehead atoms. The van der Waals surface area contributed by atoms with Crippen molar-refractivity contribution in [3.8, 4) is 0 Å². The number of amides is 2. The van der Waals surface area contributed by atoms with E-state index in [1.165, 1.54) is 0 Å². The van der Waals surface area contributed by atoms with E-state index >= 15 is 0 Å². The summed E-state index contributed by atoms with van der Waals surface area (Å²) in [7, 11) is 0. The van der Waals surface area contributed by atoms with Gasteiger partial charge in [0, 0.05) is 11.3 Å². The molecule has 0 spiro atoms. The van der Waals surface area contributed by atoms with Crippen molar-refractivity contribution in [1.29, 1.82) is 0 Å². The molecule has 1 rings (SSSR count). The first-order valence-electron chi connectivity index (χ1n) is 4.71. The second-order valence-corrected chi connectivity index (χ2v) is 5.85. The van der Waals surface area contributed by atoms with Gasteiger partial charge in [0.1, 0.15) is 0 Å². The summed E-state index contributed by atoms with van der Waals surface area (Å²) in [6, 6.07) is 6.41. The highest BCUT2D eigenvalue weighted by molar-refractivity contribution is 9.10. The average molecular weight is 285 g/mol. The molecule has 0 radical (unpaired) electrons. The van der Waals surface area contributed by atoms with Crippen LogP contribution in [-0.2, 0) is 4.79 Å². The molecule has 0 fully saturated rings. The summed E-state index contributed by atoms with van der Waals surface area (Å²) in [5.74, 6) is -0.641. The van der Waals surface area contributed by atoms with Crippen molar-refractivity contribution in [3.05, 3.63) is 29.8 Å². The first-order valence-corrected chi connectivity index (χ1v) is 5.50. The quantitative estimate of drug-likeness (QED) is 0.832. The number of carbonyl (C=O) groups is 2. The fourth-order valence-corrected chi connectivity index (χ4v) is 1.10. The van der Waals surface area contributed by atoms with Gasteiger partial charge in [-0.1, -0.05) is 15.9 Å². The second-order valence-electron chi connectivity index (χ2n) is 3.87. The zero-order valence-electron chi connectivity index (χ0n) is 9.08. The smallest absolute Gasteiger partial charge is 0.248 e. The minimum absolute atomic E-state index is 0.153. The van der Waals surface area contributed by atoms with Crippen molar-refractivity contribution >= 4 is 33.4 Å². The number of nitrogens with one attached hydrogen (secondary N) is 1. The maximum absolute atomic E-state index is 11.6. The van der Waals surface area contributed by atoms with E-state index in [0.717, 1.165) is 0 Å². The van der Waals surface area contributed by atoms with Crippen LogP contribution in [0.15, 0.2) is 24.3 Å². The van der Waals surface area contributed by atoms with E-state index in [0.29, 0.717) is 11.3 Å². The van der Waals surface area contributed by atoms with Crippen molar-refractivity contribution in [1.82, 2.24) is 0 Å². The van der Waals surface area contributed by atoms with Crippen LogP contribution in [0.5, 0.6) is 0 Å². The molecule has 0 atom stereocenters. The van der Waals surface area contributed by atoms with Gasteiger partial charge >= 0.3 is 0 Å². The number of alkyl halides is 1. The number of nitrogens with two attached hydrogens (primary N) is 1. The minimum atomic E-state index is -0.630. The maximum Gasteiger partial charge on any atom is 0.248 e. The number of halogens is 1. The monoisotopic (exact) mass is 284 g/mol. The molecule has 0 unspecified atom stereocenters. The average Bonchev–Trinajstić information content (AvgIpc) is 2.17. The van der Waals surface area contributed by atoms with E-state index in [4.69, 9.17) is 5.73 Å². The molecule has 0 aliphatic carbocycles. The zero-order valence-corrected chi connectivity index (χ0v) is 10.7. The van der Waals surface area contributed by atoms with Gasteiger partial charge in [0.05, 0.1) is 4.32 Å². The van der Waals surface area contributed by atoms with E-state index in [1.54, 1.807) is 38.1 Å². The Kier molecular flexibility index (Phi) is 3.70. The third-order valence-corrected chi connectivity index (χ3v) is 2.33. The third-order valence-electron chi connectivity index (χ3n) is 1.97. The van der Waals surface area contributed by atoms with Crippen molar-refractivity contribution in [3.63, 3.8) is 0 Å². The molecule has 86 valence electrons. The van der Waals surface area contributed by atoms with E-state index in [1.807, 2.05) is 0 Å². The number of hydrogen-bond acceptors (Lipinski definition) is 2. The molecule has 2 amide bonds. The lowest BCUT2D eigenvalue weighted by Gasteiger charge is -2.15. The van der Waals surface area contributed by atoms with Gasteiger partial charge in [-0.3, -0.25) is 9.59 Å². The molecule has 1 aromatic carbocycles. The number of primary amides is 1. The van der Waals surface area contributed by atoms with Crippen LogP contribution in [0.4, 0.5) is 5.69 Å². The van der Waals surface area contributed by atoms with Crippen LogP contribution >= 0.6 is 15.9 Å². The van der Waals surface area contributed by atoms with Crippen LogP contribution in [-0.4, -0.2) is 16.1 Å². The first kappa shape index (κ1) is 12.7. The van der Waals surface area contributed by atoms with Crippen LogP contribution in [0.25, 0.3) is 0 Å². The lowest BCUT2D eigenvalue weighted by Crippen LogP contribution is -2.30. The highest BCUT2D eigenvalue weighted by Crippen LogP contribution is 2.19. The Morgan fingerprint density at radius 2 is 1.75 bits per heavy atom. The summed E-state index contributed by atoms with van der Waals surface area (Å²) in [5, 5.41) is 2.71. The summed E-state index contributed by atoms with van der Waals surface area (Å²) in [4.78, 5) is 22.4. The topological polar surface area (TPSA) is 72.2 Å². The lowest BCUT2D eigenvalue weighted by molar-refractivity contribution is -0.117. The van der Waals surface area contributed by atoms with Gasteiger partial charge in [-0.2, -0.15) is 0 Å². The van der Waals surface area contributed by atoms with Gasteiger partial charge in [0.25, 0.3) is 0 Å². The molecule has 4 nitrogen and oxygen atoms in total. The van der Waals surface area contributed by atoms with Gasteiger partial charge in [-0.15, -0.1) is 0 Å². The summed E-state index contributed by atoms with van der Waals surface area (Å²) in [6.45, 7) is 3.50. The molecule has 0 aromatic heterocycles. The van der Waals surface area contributed by atoms with Gasteiger partial charge in [-0.05, 0) is 38.1 Å².